The van der Waals surface area contributed by atoms with Crippen molar-refractivity contribution in [3.05, 3.63) is 69.6 Å². The maximum atomic E-state index is 13.1. The summed E-state index contributed by atoms with van der Waals surface area (Å²) in [5.74, 6) is -0.142. The molecule has 8 nitrogen and oxygen atoms in total. The van der Waals surface area contributed by atoms with Crippen LogP contribution >= 0.6 is 0 Å². The molecule has 8 heteroatoms. The van der Waals surface area contributed by atoms with Gasteiger partial charge in [-0.1, -0.05) is 32.0 Å². The summed E-state index contributed by atoms with van der Waals surface area (Å²) in [5, 5.41) is 14.7. The van der Waals surface area contributed by atoms with Gasteiger partial charge in [0, 0.05) is 18.0 Å². The standard InChI is InChI=1S/C24H28N4O4/c1-4-27(5-2)15-14-17(3)25-24(29)21-16-18(26-22-9-7-6-8-20(21)22)10-11-19-12-13-23(32-19)28(30)31/h6-13,16-17H,4-5,14-15H2,1-3H3,(H,25,29)/b11-10+. The van der Waals surface area contributed by atoms with Crippen molar-refractivity contribution < 1.29 is 14.1 Å². The Morgan fingerprint density at radius 3 is 2.66 bits per heavy atom. The molecule has 0 saturated heterocycles. The molecule has 0 saturated carbocycles. The highest BCUT2D eigenvalue weighted by atomic mass is 16.6. The molecule has 1 N–H and O–H groups in total. The van der Waals surface area contributed by atoms with Crippen LogP contribution in [0.15, 0.2) is 46.9 Å². The number of para-hydroxylation sites is 1. The first-order chi connectivity index (χ1) is 15.4. The number of aromatic nitrogens is 1. The van der Waals surface area contributed by atoms with Gasteiger partial charge < -0.3 is 14.6 Å². The van der Waals surface area contributed by atoms with E-state index >= 15 is 0 Å². The average molecular weight is 437 g/mol. The van der Waals surface area contributed by atoms with Crippen molar-refractivity contribution in [2.24, 2.45) is 0 Å². The number of nitrogens with zero attached hydrogens (tertiary/aromatic N) is 3. The lowest BCUT2D eigenvalue weighted by Gasteiger charge is -2.21. The molecule has 1 atom stereocenters. The van der Waals surface area contributed by atoms with Crippen LogP contribution in [0.5, 0.6) is 0 Å². The number of benzene rings is 1. The molecule has 0 aliphatic carbocycles. The second-order valence-corrected chi connectivity index (χ2v) is 7.57. The van der Waals surface area contributed by atoms with Crippen LogP contribution in [0.1, 0.15) is 49.0 Å². The highest BCUT2D eigenvalue weighted by molar-refractivity contribution is 6.06. The monoisotopic (exact) mass is 436 g/mol. The fourth-order valence-electron chi connectivity index (χ4n) is 3.46. The van der Waals surface area contributed by atoms with Gasteiger partial charge in [0.25, 0.3) is 5.91 Å². The Balaban J connectivity index is 1.81. The van der Waals surface area contributed by atoms with Gasteiger partial charge in [0.1, 0.15) is 10.7 Å². The minimum atomic E-state index is -0.588. The summed E-state index contributed by atoms with van der Waals surface area (Å²) in [5.41, 5.74) is 1.79. The van der Waals surface area contributed by atoms with E-state index < -0.39 is 4.92 Å². The minimum Gasteiger partial charge on any atom is -0.401 e. The number of fused-ring (bicyclic) bond motifs is 1. The smallest absolute Gasteiger partial charge is 0.401 e. The summed E-state index contributed by atoms with van der Waals surface area (Å²) >= 11 is 0. The van der Waals surface area contributed by atoms with E-state index in [4.69, 9.17) is 4.42 Å². The first kappa shape index (κ1) is 23.1. The summed E-state index contributed by atoms with van der Waals surface area (Å²) in [6, 6.07) is 12.0. The van der Waals surface area contributed by atoms with Gasteiger partial charge >= 0.3 is 5.88 Å². The van der Waals surface area contributed by atoms with Crippen LogP contribution in [0.25, 0.3) is 23.1 Å². The van der Waals surface area contributed by atoms with Crippen LogP contribution in [-0.4, -0.2) is 46.4 Å². The summed E-state index contributed by atoms with van der Waals surface area (Å²) in [7, 11) is 0. The van der Waals surface area contributed by atoms with Crippen molar-refractivity contribution in [3.8, 4) is 0 Å². The highest BCUT2D eigenvalue weighted by Crippen LogP contribution is 2.21. The lowest BCUT2D eigenvalue weighted by atomic mass is 10.1. The first-order valence-corrected chi connectivity index (χ1v) is 10.8. The molecule has 3 aromatic rings. The Kier molecular flexibility index (Phi) is 7.72. The Morgan fingerprint density at radius 1 is 1.22 bits per heavy atom. The third-order valence-electron chi connectivity index (χ3n) is 5.34. The molecule has 1 unspecified atom stereocenters. The highest BCUT2D eigenvalue weighted by Gasteiger charge is 2.15. The third-order valence-corrected chi connectivity index (χ3v) is 5.34. The maximum absolute atomic E-state index is 13.1. The molecule has 3 rings (SSSR count). The average Bonchev–Trinajstić information content (AvgIpc) is 3.27. The predicted octanol–water partition coefficient (Wildman–Crippen LogP) is 4.76. The van der Waals surface area contributed by atoms with Crippen molar-refractivity contribution in [2.75, 3.05) is 19.6 Å². The number of rotatable bonds is 10. The molecule has 0 bridgehead atoms. The van der Waals surface area contributed by atoms with Crippen molar-refractivity contribution in [3.63, 3.8) is 0 Å². The number of furan rings is 1. The van der Waals surface area contributed by atoms with Gasteiger partial charge in [0.2, 0.25) is 0 Å². The van der Waals surface area contributed by atoms with Gasteiger partial charge in [-0.2, -0.15) is 0 Å². The second kappa shape index (κ2) is 10.7. The van der Waals surface area contributed by atoms with E-state index in [0.29, 0.717) is 22.5 Å². The summed E-state index contributed by atoms with van der Waals surface area (Å²) < 4.78 is 5.15. The topological polar surface area (TPSA) is 102 Å². The molecule has 0 spiro atoms. The van der Waals surface area contributed by atoms with Crippen LogP contribution in [0.2, 0.25) is 0 Å². The zero-order chi connectivity index (χ0) is 23.1. The second-order valence-electron chi connectivity index (χ2n) is 7.57. The van der Waals surface area contributed by atoms with Crippen LogP contribution in [0, 0.1) is 10.1 Å². The molecule has 0 fully saturated rings. The molecule has 2 heterocycles. The number of nitrogens with one attached hydrogen (secondary N) is 1. The molecular weight excluding hydrogens is 408 g/mol. The van der Waals surface area contributed by atoms with Crippen molar-refractivity contribution in [1.82, 2.24) is 15.2 Å². The molecule has 0 aliphatic heterocycles. The number of carbonyl (C=O) groups excluding carboxylic acids is 1. The van der Waals surface area contributed by atoms with Crippen molar-refractivity contribution in [1.29, 1.82) is 0 Å². The zero-order valence-electron chi connectivity index (χ0n) is 18.6. The van der Waals surface area contributed by atoms with E-state index in [1.165, 1.54) is 12.1 Å². The number of carbonyl (C=O) groups is 1. The van der Waals surface area contributed by atoms with E-state index in [1.54, 1.807) is 18.2 Å². The van der Waals surface area contributed by atoms with Gasteiger partial charge in [-0.05, 0) is 56.8 Å². The molecular formula is C24H28N4O4. The van der Waals surface area contributed by atoms with E-state index in [0.717, 1.165) is 31.4 Å². The Hall–Kier alpha value is -3.52. The predicted molar refractivity (Wildman–Crippen MR) is 125 cm³/mol. The van der Waals surface area contributed by atoms with Crippen LogP contribution in [-0.2, 0) is 0 Å². The van der Waals surface area contributed by atoms with Gasteiger partial charge in [0.15, 0.2) is 0 Å². The number of hydrogen-bond acceptors (Lipinski definition) is 6. The minimum absolute atomic E-state index is 0.0256. The summed E-state index contributed by atoms with van der Waals surface area (Å²) in [6.07, 6.45) is 4.13. The molecule has 32 heavy (non-hydrogen) atoms. The quantitative estimate of drug-likeness (QED) is 0.363. The van der Waals surface area contributed by atoms with Crippen LogP contribution < -0.4 is 5.32 Å². The third kappa shape index (κ3) is 5.79. The normalized spacial score (nSPS) is 12.5. The lowest BCUT2D eigenvalue weighted by Crippen LogP contribution is -2.36. The van der Waals surface area contributed by atoms with Crippen LogP contribution in [0.4, 0.5) is 5.88 Å². The van der Waals surface area contributed by atoms with Gasteiger partial charge in [-0.3, -0.25) is 14.9 Å². The molecule has 2 aromatic heterocycles. The van der Waals surface area contributed by atoms with E-state index in [1.807, 2.05) is 31.2 Å². The van der Waals surface area contributed by atoms with E-state index in [-0.39, 0.29) is 17.8 Å². The Bertz CT molecular complexity index is 1120. The number of pyridine rings is 1. The number of nitro groups is 1. The SMILES string of the molecule is CCN(CC)CCC(C)NC(=O)c1cc(/C=C/c2ccc([N+](=O)[O-])o2)nc2ccccc12. The van der Waals surface area contributed by atoms with E-state index in [9.17, 15) is 14.9 Å². The molecule has 0 radical (unpaired) electrons. The largest absolute Gasteiger partial charge is 0.433 e. The van der Waals surface area contributed by atoms with Crippen LogP contribution in [0.3, 0.4) is 0 Å². The fourth-order valence-corrected chi connectivity index (χ4v) is 3.46. The lowest BCUT2D eigenvalue weighted by molar-refractivity contribution is -0.402. The number of amides is 1. The maximum Gasteiger partial charge on any atom is 0.433 e. The molecule has 168 valence electrons. The van der Waals surface area contributed by atoms with Crippen molar-refractivity contribution in [2.45, 2.75) is 33.2 Å². The summed E-state index contributed by atoms with van der Waals surface area (Å²) in [6.45, 7) is 9.17. The number of hydrogen-bond donors (Lipinski definition) is 1. The molecule has 1 amide bonds. The Labute approximate surface area is 187 Å². The first-order valence-electron chi connectivity index (χ1n) is 10.8. The van der Waals surface area contributed by atoms with Crippen molar-refractivity contribution >= 4 is 34.8 Å². The van der Waals surface area contributed by atoms with Gasteiger partial charge in [-0.15, -0.1) is 0 Å². The summed E-state index contributed by atoms with van der Waals surface area (Å²) in [4.78, 5) is 30.2. The zero-order valence-corrected chi connectivity index (χ0v) is 18.6. The Morgan fingerprint density at radius 2 is 1.97 bits per heavy atom. The van der Waals surface area contributed by atoms with Gasteiger partial charge in [0.05, 0.1) is 22.8 Å². The fraction of sp³-hybridized carbons (Fsp3) is 0.333. The molecule has 1 aromatic carbocycles. The van der Waals surface area contributed by atoms with Gasteiger partial charge in [-0.25, -0.2) is 4.98 Å². The van der Waals surface area contributed by atoms with E-state index in [2.05, 4.69) is 29.0 Å². The molecule has 0 aliphatic rings.